The summed E-state index contributed by atoms with van der Waals surface area (Å²) in [5.41, 5.74) is 0.166. The van der Waals surface area contributed by atoms with Gasteiger partial charge in [-0.05, 0) is 74.9 Å². The van der Waals surface area contributed by atoms with Crippen LogP contribution in [-0.4, -0.2) is 50.8 Å². The quantitative estimate of drug-likeness (QED) is 0.369. The first-order valence-corrected chi connectivity index (χ1v) is 12.7. The number of rotatable bonds is 7. The van der Waals surface area contributed by atoms with Gasteiger partial charge in [0.1, 0.15) is 37.4 Å². The normalized spacial score (nSPS) is 13.5. The molecule has 2 aromatic heterocycles. The fourth-order valence-corrected chi connectivity index (χ4v) is 4.28. The molecule has 1 aliphatic heterocycles. The minimum atomic E-state index is -1.16. The summed E-state index contributed by atoms with van der Waals surface area (Å²) in [7, 11) is 0. The molecular formula is C28H29FN6O5. The van der Waals surface area contributed by atoms with Gasteiger partial charge in [0.15, 0.2) is 17.3 Å². The zero-order valence-electron chi connectivity index (χ0n) is 22.6. The summed E-state index contributed by atoms with van der Waals surface area (Å²) in [6.07, 6.45) is 0. The van der Waals surface area contributed by atoms with Crippen molar-refractivity contribution in [1.82, 2.24) is 25.5 Å². The summed E-state index contributed by atoms with van der Waals surface area (Å²) in [4.78, 5) is 30.3. The van der Waals surface area contributed by atoms with Gasteiger partial charge in [0.2, 0.25) is 11.7 Å². The van der Waals surface area contributed by atoms with Gasteiger partial charge in [-0.1, -0.05) is 12.1 Å². The Morgan fingerprint density at radius 2 is 1.77 bits per heavy atom. The lowest BCUT2D eigenvalue weighted by Gasteiger charge is -2.34. The SMILES string of the molecule is Cc1ccc(-c2nnn(CC(=O)N(c3ccc4c(c3)OCCO4)[C@H](C(=O)NC(C)(C)C)c3ccc(F)cc3)n2)o1. The van der Waals surface area contributed by atoms with E-state index in [2.05, 4.69) is 20.7 Å². The van der Waals surface area contributed by atoms with Gasteiger partial charge in [-0.15, -0.1) is 10.2 Å². The van der Waals surface area contributed by atoms with Crippen molar-refractivity contribution < 1.29 is 27.9 Å². The number of hydrogen-bond donors (Lipinski definition) is 1. The molecule has 12 heteroatoms. The molecule has 0 unspecified atom stereocenters. The predicted molar refractivity (Wildman–Crippen MR) is 142 cm³/mol. The maximum atomic E-state index is 14.0. The number of nitrogens with one attached hydrogen (secondary N) is 1. The molecule has 4 aromatic rings. The van der Waals surface area contributed by atoms with Gasteiger partial charge >= 0.3 is 0 Å². The molecule has 0 aliphatic carbocycles. The van der Waals surface area contributed by atoms with Gasteiger partial charge in [-0.25, -0.2) is 4.39 Å². The van der Waals surface area contributed by atoms with Crippen LogP contribution < -0.4 is 19.7 Å². The smallest absolute Gasteiger partial charge is 0.251 e. The molecule has 0 fully saturated rings. The first-order chi connectivity index (χ1) is 19.1. The van der Waals surface area contributed by atoms with Crippen LogP contribution in [0.15, 0.2) is 59.0 Å². The summed E-state index contributed by atoms with van der Waals surface area (Å²) in [6, 6.07) is 12.7. The molecule has 0 spiro atoms. The number of halogens is 1. The Morgan fingerprint density at radius 1 is 1.05 bits per heavy atom. The van der Waals surface area contributed by atoms with Crippen LogP contribution in [-0.2, 0) is 16.1 Å². The number of hydrogen-bond acceptors (Lipinski definition) is 8. The molecule has 3 heterocycles. The third-order valence-electron chi connectivity index (χ3n) is 5.95. The molecule has 0 radical (unpaired) electrons. The van der Waals surface area contributed by atoms with E-state index in [1.807, 2.05) is 20.8 Å². The van der Waals surface area contributed by atoms with E-state index in [9.17, 15) is 14.0 Å². The van der Waals surface area contributed by atoms with Crippen molar-refractivity contribution in [2.45, 2.75) is 45.8 Å². The van der Waals surface area contributed by atoms with Crippen molar-refractivity contribution in [3.05, 3.63) is 71.7 Å². The fourth-order valence-electron chi connectivity index (χ4n) is 4.28. The van der Waals surface area contributed by atoms with E-state index in [-0.39, 0.29) is 12.4 Å². The summed E-state index contributed by atoms with van der Waals surface area (Å²) >= 11 is 0. The Balaban J connectivity index is 1.56. The highest BCUT2D eigenvalue weighted by atomic mass is 19.1. The van der Waals surface area contributed by atoms with Crippen molar-refractivity contribution in [3.63, 3.8) is 0 Å². The number of carbonyl (C=O) groups is 2. The standard InChI is InChI=1S/C28H29FN6O5/c1-17-5-11-22(40-17)26-31-33-34(32-26)16-24(36)35(20-10-12-21-23(15-20)39-14-13-38-21)25(27(37)30-28(2,3)4)18-6-8-19(29)9-7-18/h5-12,15,25H,13-14,16H2,1-4H3,(H,30,37)/t25-/m0/s1. The molecule has 208 valence electrons. The van der Waals surface area contributed by atoms with Crippen LogP contribution in [0.3, 0.4) is 0 Å². The van der Waals surface area contributed by atoms with E-state index in [0.717, 1.165) is 4.80 Å². The second-order valence-corrected chi connectivity index (χ2v) is 10.3. The van der Waals surface area contributed by atoms with Crippen molar-refractivity contribution in [1.29, 1.82) is 0 Å². The molecule has 1 atom stereocenters. The number of aromatic nitrogens is 4. The van der Waals surface area contributed by atoms with Crippen LogP contribution in [0.2, 0.25) is 0 Å². The molecule has 2 aromatic carbocycles. The fraction of sp³-hybridized carbons (Fsp3) is 0.321. The minimum Gasteiger partial charge on any atom is -0.486 e. The van der Waals surface area contributed by atoms with Gasteiger partial charge < -0.3 is 19.2 Å². The van der Waals surface area contributed by atoms with Gasteiger partial charge in [0, 0.05) is 17.3 Å². The lowest BCUT2D eigenvalue weighted by molar-refractivity contribution is -0.128. The average molecular weight is 549 g/mol. The number of carbonyl (C=O) groups excluding carboxylic acids is 2. The molecular weight excluding hydrogens is 519 g/mol. The highest BCUT2D eigenvalue weighted by Crippen LogP contribution is 2.37. The summed E-state index contributed by atoms with van der Waals surface area (Å²) < 4.78 is 30.8. The van der Waals surface area contributed by atoms with E-state index in [1.54, 1.807) is 37.3 Å². The zero-order valence-corrected chi connectivity index (χ0v) is 22.6. The Kier molecular flexibility index (Phi) is 7.24. The highest BCUT2D eigenvalue weighted by molar-refractivity contribution is 6.01. The predicted octanol–water partition coefficient (Wildman–Crippen LogP) is 3.84. The van der Waals surface area contributed by atoms with Crippen LogP contribution in [0.5, 0.6) is 11.5 Å². The highest BCUT2D eigenvalue weighted by Gasteiger charge is 2.35. The number of benzene rings is 2. The Hall–Kier alpha value is -4.74. The second-order valence-electron chi connectivity index (χ2n) is 10.3. The molecule has 0 saturated carbocycles. The number of nitrogens with zero attached hydrogens (tertiary/aromatic N) is 5. The molecule has 1 aliphatic rings. The van der Waals surface area contributed by atoms with E-state index in [1.165, 1.54) is 29.2 Å². The summed E-state index contributed by atoms with van der Waals surface area (Å²) in [5, 5.41) is 15.2. The van der Waals surface area contributed by atoms with E-state index in [0.29, 0.717) is 47.5 Å². The van der Waals surface area contributed by atoms with Crippen molar-refractivity contribution in [3.8, 4) is 23.1 Å². The largest absolute Gasteiger partial charge is 0.486 e. The Labute approximate surface area is 229 Å². The molecule has 5 rings (SSSR count). The lowest BCUT2D eigenvalue weighted by Crippen LogP contribution is -2.50. The number of aryl methyl sites for hydroxylation is 1. The monoisotopic (exact) mass is 548 g/mol. The van der Waals surface area contributed by atoms with E-state index >= 15 is 0 Å². The van der Waals surface area contributed by atoms with Crippen molar-refractivity contribution >= 4 is 17.5 Å². The maximum Gasteiger partial charge on any atom is 0.251 e. The van der Waals surface area contributed by atoms with Crippen LogP contribution in [0.1, 0.15) is 38.1 Å². The Bertz CT molecular complexity index is 1520. The van der Waals surface area contributed by atoms with Crippen LogP contribution in [0, 0.1) is 12.7 Å². The van der Waals surface area contributed by atoms with Gasteiger partial charge in [-0.3, -0.25) is 14.5 Å². The third-order valence-corrected chi connectivity index (χ3v) is 5.95. The zero-order chi connectivity index (χ0) is 28.4. The number of tetrazole rings is 1. The number of fused-ring (bicyclic) bond motifs is 1. The van der Waals surface area contributed by atoms with Gasteiger partial charge in [0.25, 0.3) is 5.91 Å². The molecule has 0 bridgehead atoms. The number of anilines is 1. The third kappa shape index (κ3) is 5.95. The van der Waals surface area contributed by atoms with E-state index < -0.39 is 29.2 Å². The average Bonchev–Trinajstić information content (AvgIpc) is 3.55. The van der Waals surface area contributed by atoms with Crippen molar-refractivity contribution in [2.75, 3.05) is 18.1 Å². The van der Waals surface area contributed by atoms with E-state index in [4.69, 9.17) is 13.9 Å². The maximum absolute atomic E-state index is 14.0. The minimum absolute atomic E-state index is 0.215. The second kappa shape index (κ2) is 10.8. The topological polar surface area (TPSA) is 125 Å². The van der Waals surface area contributed by atoms with Gasteiger partial charge in [0.05, 0.1) is 0 Å². The molecule has 2 amide bonds. The van der Waals surface area contributed by atoms with Crippen LogP contribution in [0.25, 0.3) is 11.6 Å². The summed E-state index contributed by atoms with van der Waals surface area (Å²) in [6.45, 7) is 7.69. The van der Waals surface area contributed by atoms with Crippen LogP contribution in [0.4, 0.5) is 10.1 Å². The summed E-state index contributed by atoms with van der Waals surface area (Å²) in [5.74, 6) is 0.820. The lowest BCUT2D eigenvalue weighted by atomic mass is 10.0. The Morgan fingerprint density at radius 3 is 2.45 bits per heavy atom. The van der Waals surface area contributed by atoms with Crippen LogP contribution >= 0.6 is 0 Å². The number of ether oxygens (including phenoxy) is 2. The molecule has 1 N–H and O–H groups in total. The number of furan rings is 1. The van der Waals surface area contributed by atoms with Gasteiger partial charge in [-0.2, -0.15) is 4.80 Å². The first-order valence-electron chi connectivity index (χ1n) is 12.7. The van der Waals surface area contributed by atoms with Crippen molar-refractivity contribution in [2.24, 2.45) is 0 Å². The molecule has 40 heavy (non-hydrogen) atoms. The molecule has 0 saturated heterocycles. The molecule has 11 nitrogen and oxygen atoms in total. The first kappa shape index (κ1) is 26.9. The number of amides is 2.